The summed E-state index contributed by atoms with van der Waals surface area (Å²) in [5, 5.41) is 2.92. The lowest BCUT2D eigenvalue weighted by atomic mass is 9.67. The number of amides is 1. The number of benzene rings is 1. The fraction of sp³-hybridized carbons (Fsp3) is 0.500. The van der Waals surface area contributed by atoms with Gasteiger partial charge in [0.15, 0.2) is 0 Å². The van der Waals surface area contributed by atoms with Gasteiger partial charge < -0.3 is 5.32 Å². The van der Waals surface area contributed by atoms with Crippen LogP contribution in [0.2, 0.25) is 0 Å². The number of carbonyl (C=O) groups is 1. The van der Waals surface area contributed by atoms with E-state index in [-0.39, 0.29) is 11.3 Å². The first-order valence-electron chi connectivity index (χ1n) is 6.29. The second kappa shape index (κ2) is 5.39. The highest BCUT2D eigenvalue weighted by atomic mass is 79.9. The van der Waals surface area contributed by atoms with Crippen LogP contribution in [0.15, 0.2) is 22.7 Å². The summed E-state index contributed by atoms with van der Waals surface area (Å²) in [5.74, 6) is -0.599. The summed E-state index contributed by atoms with van der Waals surface area (Å²) in [4.78, 5) is 11.9. The van der Waals surface area contributed by atoms with Gasteiger partial charge in [0.1, 0.15) is 5.82 Å². The van der Waals surface area contributed by atoms with Gasteiger partial charge in [0.05, 0.1) is 4.47 Å². The number of rotatable bonds is 4. The van der Waals surface area contributed by atoms with E-state index < -0.39 is 5.82 Å². The van der Waals surface area contributed by atoms with Crippen LogP contribution in [0.4, 0.5) is 4.39 Å². The molecule has 2 rings (SSSR count). The third-order valence-corrected chi connectivity index (χ3v) is 4.61. The van der Waals surface area contributed by atoms with Crippen molar-refractivity contribution >= 4 is 21.8 Å². The average molecular weight is 314 g/mol. The lowest BCUT2D eigenvalue weighted by molar-refractivity contribution is 0.0849. The Morgan fingerprint density at radius 3 is 2.72 bits per heavy atom. The van der Waals surface area contributed by atoms with Crippen LogP contribution in [0.25, 0.3) is 0 Å². The van der Waals surface area contributed by atoms with Crippen LogP contribution in [-0.2, 0) is 0 Å². The standard InChI is InChI=1S/C14H17BrFNO/c1-2-14(6-3-7-14)9-17-13(18)10-4-5-11(15)12(16)8-10/h4-5,8H,2-3,6-7,9H2,1H3,(H,17,18). The van der Waals surface area contributed by atoms with Crippen LogP contribution >= 0.6 is 15.9 Å². The molecule has 1 aliphatic rings. The largest absolute Gasteiger partial charge is 0.351 e. The molecule has 4 heteroatoms. The molecule has 2 nitrogen and oxygen atoms in total. The highest BCUT2D eigenvalue weighted by Gasteiger charge is 2.35. The van der Waals surface area contributed by atoms with Crippen molar-refractivity contribution in [3.8, 4) is 0 Å². The molecule has 0 saturated heterocycles. The minimum Gasteiger partial charge on any atom is -0.351 e. The molecule has 18 heavy (non-hydrogen) atoms. The van der Waals surface area contributed by atoms with Gasteiger partial charge >= 0.3 is 0 Å². The van der Waals surface area contributed by atoms with Crippen LogP contribution in [0.1, 0.15) is 43.0 Å². The van der Waals surface area contributed by atoms with Crippen molar-refractivity contribution in [2.24, 2.45) is 5.41 Å². The monoisotopic (exact) mass is 313 g/mol. The summed E-state index contributed by atoms with van der Waals surface area (Å²) < 4.78 is 13.7. The molecule has 1 aromatic carbocycles. The van der Waals surface area contributed by atoms with Gasteiger partial charge in [-0.15, -0.1) is 0 Å². The zero-order chi connectivity index (χ0) is 13.2. The van der Waals surface area contributed by atoms with E-state index in [9.17, 15) is 9.18 Å². The van der Waals surface area contributed by atoms with Crippen LogP contribution < -0.4 is 5.32 Å². The zero-order valence-corrected chi connectivity index (χ0v) is 12.0. The van der Waals surface area contributed by atoms with Gasteiger partial charge in [-0.05, 0) is 58.8 Å². The highest BCUT2D eigenvalue weighted by molar-refractivity contribution is 9.10. The maximum Gasteiger partial charge on any atom is 0.251 e. The number of halogens is 2. The van der Waals surface area contributed by atoms with Gasteiger partial charge in [0.2, 0.25) is 0 Å². The Hall–Kier alpha value is -0.900. The summed E-state index contributed by atoms with van der Waals surface area (Å²) in [6, 6.07) is 4.45. The molecular formula is C14H17BrFNO. The first kappa shape index (κ1) is 13.5. The molecular weight excluding hydrogens is 297 g/mol. The van der Waals surface area contributed by atoms with Gasteiger partial charge in [0.25, 0.3) is 5.91 Å². The topological polar surface area (TPSA) is 29.1 Å². The maximum absolute atomic E-state index is 13.3. The Morgan fingerprint density at radius 2 is 2.22 bits per heavy atom. The van der Waals surface area contributed by atoms with E-state index in [0.717, 1.165) is 6.42 Å². The molecule has 0 unspecified atom stereocenters. The lowest BCUT2D eigenvalue weighted by Crippen LogP contribution is -2.41. The Labute approximate surface area is 115 Å². The Kier molecular flexibility index (Phi) is 4.05. The van der Waals surface area contributed by atoms with Crippen molar-refractivity contribution in [2.45, 2.75) is 32.6 Å². The van der Waals surface area contributed by atoms with Gasteiger partial charge in [0, 0.05) is 12.1 Å². The van der Waals surface area contributed by atoms with Gasteiger partial charge in [-0.25, -0.2) is 4.39 Å². The summed E-state index contributed by atoms with van der Waals surface area (Å²) in [6.45, 7) is 2.85. The molecule has 0 heterocycles. The van der Waals surface area contributed by atoms with E-state index in [1.807, 2.05) is 0 Å². The first-order valence-corrected chi connectivity index (χ1v) is 7.09. The summed E-state index contributed by atoms with van der Waals surface area (Å²) in [6.07, 6.45) is 4.69. The number of carbonyl (C=O) groups excluding carboxylic acids is 1. The SMILES string of the molecule is CCC1(CNC(=O)c2ccc(Br)c(F)c2)CCC1. The van der Waals surface area contributed by atoms with Crippen molar-refractivity contribution in [3.05, 3.63) is 34.1 Å². The number of hydrogen-bond acceptors (Lipinski definition) is 1. The fourth-order valence-corrected chi connectivity index (χ4v) is 2.59. The molecule has 1 N–H and O–H groups in total. The molecule has 1 amide bonds. The molecule has 0 aliphatic heterocycles. The van der Waals surface area contributed by atoms with E-state index in [1.54, 1.807) is 12.1 Å². The predicted molar refractivity (Wildman–Crippen MR) is 73.0 cm³/mol. The van der Waals surface area contributed by atoms with Crippen molar-refractivity contribution < 1.29 is 9.18 Å². The second-order valence-corrected chi connectivity index (χ2v) is 5.87. The highest BCUT2D eigenvalue weighted by Crippen LogP contribution is 2.43. The average Bonchev–Trinajstić information content (AvgIpc) is 2.31. The molecule has 1 saturated carbocycles. The van der Waals surface area contributed by atoms with Gasteiger partial charge in [-0.2, -0.15) is 0 Å². The number of nitrogens with one attached hydrogen (secondary N) is 1. The molecule has 0 atom stereocenters. The third kappa shape index (κ3) is 2.74. The minimum atomic E-state index is -0.406. The van der Waals surface area contributed by atoms with Crippen LogP contribution in [-0.4, -0.2) is 12.5 Å². The predicted octanol–water partition coefficient (Wildman–Crippen LogP) is 3.90. The van der Waals surface area contributed by atoms with E-state index in [2.05, 4.69) is 28.2 Å². The molecule has 1 fully saturated rings. The Balaban J connectivity index is 1.97. The second-order valence-electron chi connectivity index (χ2n) is 5.02. The molecule has 0 bridgehead atoms. The molecule has 0 radical (unpaired) electrons. The van der Waals surface area contributed by atoms with E-state index in [0.29, 0.717) is 16.6 Å². The third-order valence-electron chi connectivity index (χ3n) is 3.97. The number of hydrogen-bond donors (Lipinski definition) is 1. The van der Waals surface area contributed by atoms with E-state index in [1.165, 1.54) is 25.3 Å². The van der Waals surface area contributed by atoms with Crippen LogP contribution in [0.5, 0.6) is 0 Å². The van der Waals surface area contributed by atoms with Crippen molar-refractivity contribution in [2.75, 3.05) is 6.54 Å². The summed E-state index contributed by atoms with van der Waals surface area (Å²) in [7, 11) is 0. The fourth-order valence-electron chi connectivity index (χ4n) is 2.34. The summed E-state index contributed by atoms with van der Waals surface area (Å²) >= 11 is 3.07. The first-order chi connectivity index (χ1) is 8.56. The summed E-state index contributed by atoms with van der Waals surface area (Å²) in [5.41, 5.74) is 0.657. The lowest BCUT2D eigenvalue weighted by Gasteiger charge is -2.41. The molecule has 98 valence electrons. The van der Waals surface area contributed by atoms with E-state index >= 15 is 0 Å². The molecule has 0 aromatic heterocycles. The van der Waals surface area contributed by atoms with Crippen LogP contribution in [0, 0.1) is 11.2 Å². The molecule has 0 spiro atoms. The van der Waals surface area contributed by atoms with Crippen LogP contribution in [0.3, 0.4) is 0 Å². The molecule has 1 aliphatic carbocycles. The van der Waals surface area contributed by atoms with Gasteiger partial charge in [-0.1, -0.05) is 13.3 Å². The quantitative estimate of drug-likeness (QED) is 0.897. The van der Waals surface area contributed by atoms with Crippen molar-refractivity contribution in [1.29, 1.82) is 0 Å². The minimum absolute atomic E-state index is 0.193. The van der Waals surface area contributed by atoms with Crippen molar-refractivity contribution in [3.63, 3.8) is 0 Å². The van der Waals surface area contributed by atoms with E-state index in [4.69, 9.17) is 0 Å². The smallest absolute Gasteiger partial charge is 0.251 e. The Bertz CT molecular complexity index is 452. The Morgan fingerprint density at radius 1 is 1.50 bits per heavy atom. The maximum atomic E-state index is 13.3. The zero-order valence-electron chi connectivity index (χ0n) is 10.4. The molecule has 1 aromatic rings. The van der Waals surface area contributed by atoms with Gasteiger partial charge in [-0.3, -0.25) is 4.79 Å². The van der Waals surface area contributed by atoms with Crippen molar-refractivity contribution in [1.82, 2.24) is 5.32 Å². The normalized spacial score (nSPS) is 17.1.